The molecule has 2 amide bonds. The third-order valence-corrected chi connectivity index (χ3v) is 4.54. The lowest BCUT2D eigenvalue weighted by atomic mass is 10.1. The van der Waals surface area contributed by atoms with E-state index in [1.165, 1.54) is 11.0 Å². The van der Waals surface area contributed by atoms with Gasteiger partial charge in [-0.25, -0.2) is 0 Å². The Morgan fingerprint density at radius 1 is 0.929 bits per heavy atom. The van der Waals surface area contributed by atoms with Crippen molar-refractivity contribution in [3.05, 3.63) is 88.4 Å². The van der Waals surface area contributed by atoms with Crippen LogP contribution in [0.25, 0.3) is 0 Å². The van der Waals surface area contributed by atoms with Gasteiger partial charge < -0.3 is 15.3 Å². The summed E-state index contributed by atoms with van der Waals surface area (Å²) in [6, 6.07) is 18.4. The van der Waals surface area contributed by atoms with Crippen molar-refractivity contribution >= 4 is 34.8 Å². The normalized spacial score (nSPS) is 10.4. The van der Waals surface area contributed by atoms with E-state index in [1.54, 1.807) is 43.4 Å². The predicted octanol–water partition coefficient (Wildman–Crippen LogP) is 4.88. The lowest BCUT2D eigenvalue weighted by Crippen LogP contribution is -2.26. The second-order valence-electron chi connectivity index (χ2n) is 6.39. The first kappa shape index (κ1) is 19.5. The number of carbonyl (C=O) groups is 2. The van der Waals surface area contributed by atoms with Crippen LogP contribution in [-0.4, -0.2) is 24.0 Å². The molecule has 0 spiro atoms. The Morgan fingerprint density at radius 3 is 2.14 bits per heavy atom. The van der Waals surface area contributed by atoms with Crippen LogP contribution in [-0.2, 0) is 0 Å². The van der Waals surface area contributed by atoms with Crippen LogP contribution in [0.2, 0.25) is 5.02 Å². The molecule has 0 unspecified atom stereocenters. The van der Waals surface area contributed by atoms with E-state index in [4.69, 9.17) is 11.6 Å². The summed E-state index contributed by atoms with van der Waals surface area (Å²) < 4.78 is 0. The van der Waals surface area contributed by atoms with Crippen LogP contribution in [0.4, 0.5) is 11.4 Å². The Kier molecular flexibility index (Phi) is 5.66. The van der Waals surface area contributed by atoms with Gasteiger partial charge in [-0.1, -0.05) is 29.3 Å². The lowest BCUT2D eigenvalue weighted by molar-refractivity contribution is 0.0988. The van der Waals surface area contributed by atoms with Gasteiger partial charge in [-0.3, -0.25) is 9.59 Å². The Balaban J connectivity index is 1.73. The molecule has 142 valence electrons. The summed E-state index contributed by atoms with van der Waals surface area (Å²) in [5, 5.41) is 13.2. The number of phenols is 1. The average Bonchev–Trinajstić information content (AvgIpc) is 2.69. The number of rotatable bonds is 4. The Hall–Kier alpha value is -3.31. The fraction of sp³-hybridized carbons (Fsp3) is 0.0909. The number of benzene rings is 3. The SMILES string of the molecule is Cc1ccc(NC(=O)c2ccc(C(=O)N(C)c3ccc(Cl)cc3O)cc2)cc1. The van der Waals surface area contributed by atoms with Crippen molar-refractivity contribution in [2.75, 3.05) is 17.3 Å². The Bertz CT molecular complexity index is 1010. The maximum Gasteiger partial charge on any atom is 0.258 e. The average molecular weight is 395 g/mol. The fourth-order valence-electron chi connectivity index (χ4n) is 2.69. The van der Waals surface area contributed by atoms with Gasteiger partial charge in [0.05, 0.1) is 5.69 Å². The molecule has 6 heteroatoms. The number of nitrogens with zero attached hydrogens (tertiary/aromatic N) is 1. The molecule has 5 nitrogen and oxygen atoms in total. The second-order valence-corrected chi connectivity index (χ2v) is 6.83. The van der Waals surface area contributed by atoms with Gasteiger partial charge in [-0.15, -0.1) is 0 Å². The number of aromatic hydroxyl groups is 1. The van der Waals surface area contributed by atoms with Crippen molar-refractivity contribution in [3.8, 4) is 5.75 Å². The molecule has 3 aromatic rings. The Labute approximate surface area is 168 Å². The summed E-state index contributed by atoms with van der Waals surface area (Å²) in [6.45, 7) is 1.97. The number of carbonyl (C=O) groups excluding carboxylic acids is 2. The van der Waals surface area contributed by atoms with E-state index in [2.05, 4.69) is 5.32 Å². The molecule has 0 aromatic heterocycles. The first-order valence-corrected chi connectivity index (χ1v) is 8.97. The molecule has 0 aliphatic carbocycles. The van der Waals surface area contributed by atoms with Crippen LogP contribution < -0.4 is 10.2 Å². The second kappa shape index (κ2) is 8.15. The van der Waals surface area contributed by atoms with Crippen LogP contribution in [0.3, 0.4) is 0 Å². The third-order valence-electron chi connectivity index (χ3n) is 4.31. The number of hydrogen-bond donors (Lipinski definition) is 2. The molecule has 0 aliphatic heterocycles. The minimum Gasteiger partial charge on any atom is -0.506 e. The number of halogens is 1. The van der Waals surface area contributed by atoms with Crippen molar-refractivity contribution in [2.45, 2.75) is 6.92 Å². The molecule has 0 saturated heterocycles. The maximum atomic E-state index is 12.7. The first-order chi connectivity index (χ1) is 13.3. The first-order valence-electron chi connectivity index (χ1n) is 8.60. The lowest BCUT2D eigenvalue weighted by Gasteiger charge is -2.19. The van der Waals surface area contributed by atoms with E-state index < -0.39 is 0 Å². The van der Waals surface area contributed by atoms with E-state index in [9.17, 15) is 14.7 Å². The fourth-order valence-corrected chi connectivity index (χ4v) is 2.85. The number of amides is 2. The maximum absolute atomic E-state index is 12.7. The van der Waals surface area contributed by atoms with Gasteiger partial charge in [-0.05, 0) is 55.5 Å². The third kappa shape index (κ3) is 4.32. The van der Waals surface area contributed by atoms with Crippen LogP contribution >= 0.6 is 11.6 Å². The molecule has 0 heterocycles. The molecule has 0 saturated carbocycles. The van der Waals surface area contributed by atoms with E-state index >= 15 is 0 Å². The highest BCUT2D eigenvalue weighted by atomic mass is 35.5. The van der Waals surface area contributed by atoms with Crippen molar-refractivity contribution in [2.24, 2.45) is 0 Å². The van der Waals surface area contributed by atoms with Crippen LogP contribution in [0.1, 0.15) is 26.3 Å². The highest BCUT2D eigenvalue weighted by Crippen LogP contribution is 2.30. The molecule has 28 heavy (non-hydrogen) atoms. The van der Waals surface area contributed by atoms with Gasteiger partial charge in [0.2, 0.25) is 0 Å². The molecule has 0 bridgehead atoms. The predicted molar refractivity (Wildman–Crippen MR) is 111 cm³/mol. The standard InChI is InChI=1S/C22H19ClN2O3/c1-14-3-10-18(11-4-14)24-21(27)15-5-7-16(8-6-15)22(28)25(2)19-12-9-17(23)13-20(19)26/h3-13,26H,1-2H3,(H,24,27). The monoisotopic (exact) mass is 394 g/mol. The smallest absolute Gasteiger partial charge is 0.258 e. The van der Waals surface area contributed by atoms with Gasteiger partial charge in [0.25, 0.3) is 11.8 Å². The van der Waals surface area contributed by atoms with Gasteiger partial charge in [0.15, 0.2) is 0 Å². The van der Waals surface area contributed by atoms with Gasteiger partial charge >= 0.3 is 0 Å². The van der Waals surface area contributed by atoms with E-state index in [-0.39, 0.29) is 17.6 Å². The van der Waals surface area contributed by atoms with Gasteiger partial charge in [-0.2, -0.15) is 0 Å². The highest BCUT2D eigenvalue weighted by molar-refractivity contribution is 6.30. The number of aryl methyl sites for hydroxylation is 1. The molecule has 0 radical (unpaired) electrons. The number of hydrogen-bond acceptors (Lipinski definition) is 3. The van der Waals surface area contributed by atoms with Crippen molar-refractivity contribution in [1.82, 2.24) is 0 Å². The molecule has 0 aliphatic rings. The van der Waals surface area contributed by atoms with E-state index in [0.29, 0.717) is 27.5 Å². The summed E-state index contributed by atoms with van der Waals surface area (Å²) in [5.74, 6) is -0.660. The van der Waals surface area contributed by atoms with Crippen LogP contribution in [0, 0.1) is 6.92 Å². The largest absolute Gasteiger partial charge is 0.506 e. The summed E-state index contributed by atoms with van der Waals surface area (Å²) in [5.41, 5.74) is 2.99. The summed E-state index contributed by atoms with van der Waals surface area (Å²) >= 11 is 5.83. The molecule has 3 aromatic carbocycles. The van der Waals surface area contributed by atoms with Gasteiger partial charge in [0, 0.05) is 35.0 Å². The number of nitrogens with one attached hydrogen (secondary N) is 1. The number of phenolic OH excluding ortho intramolecular Hbond substituents is 1. The minimum atomic E-state index is -0.317. The Morgan fingerprint density at radius 2 is 1.54 bits per heavy atom. The zero-order chi connectivity index (χ0) is 20.3. The molecule has 2 N–H and O–H groups in total. The van der Waals surface area contributed by atoms with Crippen molar-refractivity contribution < 1.29 is 14.7 Å². The minimum absolute atomic E-state index is 0.0857. The highest BCUT2D eigenvalue weighted by Gasteiger charge is 2.17. The summed E-state index contributed by atoms with van der Waals surface area (Å²) in [7, 11) is 1.56. The molecule has 0 atom stereocenters. The van der Waals surface area contributed by atoms with Crippen molar-refractivity contribution in [1.29, 1.82) is 0 Å². The number of anilines is 2. The quantitative estimate of drug-likeness (QED) is 0.662. The topological polar surface area (TPSA) is 69.6 Å². The van der Waals surface area contributed by atoms with Gasteiger partial charge in [0.1, 0.15) is 5.75 Å². The van der Waals surface area contributed by atoms with Crippen LogP contribution in [0.5, 0.6) is 5.75 Å². The van der Waals surface area contributed by atoms with Crippen molar-refractivity contribution in [3.63, 3.8) is 0 Å². The van der Waals surface area contributed by atoms with E-state index in [0.717, 1.165) is 5.56 Å². The molecule has 3 rings (SSSR count). The van der Waals surface area contributed by atoms with Crippen LogP contribution in [0.15, 0.2) is 66.7 Å². The molecule has 0 fully saturated rings. The zero-order valence-corrected chi connectivity index (χ0v) is 16.2. The summed E-state index contributed by atoms with van der Waals surface area (Å²) in [4.78, 5) is 26.4. The zero-order valence-electron chi connectivity index (χ0n) is 15.4. The molecular formula is C22H19ClN2O3. The molecular weight excluding hydrogens is 376 g/mol. The summed E-state index contributed by atoms with van der Waals surface area (Å²) in [6.07, 6.45) is 0. The van der Waals surface area contributed by atoms with E-state index in [1.807, 2.05) is 31.2 Å².